The van der Waals surface area contributed by atoms with Crippen molar-refractivity contribution in [1.29, 1.82) is 0 Å². The van der Waals surface area contributed by atoms with Crippen molar-refractivity contribution in [3.8, 4) is 22.6 Å². The highest BCUT2D eigenvalue weighted by Gasteiger charge is 2.43. The number of H-pyrrole nitrogens is 1. The van der Waals surface area contributed by atoms with Gasteiger partial charge in [0.05, 0.1) is 48.9 Å². The summed E-state index contributed by atoms with van der Waals surface area (Å²) >= 11 is 0. The van der Waals surface area contributed by atoms with E-state index in [9.17, 15) is 9.18 Å². The van der Waals surface area contributed by atoms with Gasteiger partial charge in [-0.3, -0.25) is 4.79 Å². The van der Waals surface area contributed by atoms with E-state index < -0.39 is 11.7 Å². The van der Waals surface area contributed by atoms with Crippen molar-refractivity contribution in [3.05, 3.63) is 48.2 Å². The fraction of sp³-hybridized carbons (Fsp3) is 0.462. The monoisotopic (exact) mass is 508 g/mol. The molecular formula is C26H29FN6O4. The van der Waals surface area contributed by atoms with E-state index in [1.165, 1.54) is 12.1 Å². The maximum Gasteiger partial charge on any atom is 0.233 e. The molecule has 1 aliphatic carbocycles. The molecule has 3 aliphatic rings. The fourth-order valence-electron chi connectivity index (χ4n) is 4.52. The summed E-state index contributed by atoms with van der Waals surface area (Å²) in [7, 11) is 0. The highest BCUT2D eigenvalue weighted by atomic mass is 19.1. The summed E-state index contributed by atoms with van der Waals surface area (Å²) in [6.07, 6.45) is 3.11. The molecule has 0 atom stereocenters. The van der Waals surface area contributed by atoms with Crippen molar-refractivity contribution in [1.82, 2.24) is 24.8 Å². The topological polar surface area (TPSA) is 114 Å². The van der Waals surface area contributed by atoms with Crippen molar-refractivity contribution in [3.63, 3.8) is 0 Å². The second-order valence-electron chi connectivity index (χ2n) is 9.96. The van der Waals surface area contributed by atoms with Crippen molar-refractivity contribution < 1.29 is 23.4 Å². The molecule has 1 amide bonds. The zero-order chi connectivity index (χ0) is 25.4. The number of rotatable bonds is 6. The maximum absolute atomic E-state index is 13.6. The minimum absolute atomic E-state index is 0.00179. The Morgan fingerprint density at radius 1 is 1.11 bits per heavy atom. The molecule has 11 heteroatoms. The van der Waals surface area contributed by atoms with Gasteiger partial charge in [-0.15, -0.1) is 0 Å². The lowest BCUT2D eigenvalue weighted by Crippen LogP contribution is -2.53. The van der Waals surface area contributed by atoms with Crippen LogP contribution in [0.5, 0.6) is 0 Å². The smallest absolute Gasteiger partial charge is 0.233 e. The van der Waals surface area contributed by atoms with E-state index in [1.54, 1.807) is 29.3 Å². The van der Waals surface area contributed by atoms with Gasteiger partial charge in [0.25, 0.3) is 0 Å². The third-order valence-corrected chi connectivity index (χ3v) is 6.81. The van der Waals surface area contributed by atoms with Gasteiger partial charge < -0.3 is 29.4 Å². The van der Waals surface area contributed by atoms with E-state index in [0.29, 0.717) is 61.2 Å². The third-order valence-electron chi connectivity index (χ3n) is 6.81. The molecule has 3 aromatic rings. The minimum Gasteiger partial charge on any atom is -0.378 e. The van der Waals surface area contributed by atoms with Crippen LogP contribution >= 0.6 is 0 Å². The van der Waals surface area contributed by atoms with Crippen LogP contribution in [0.15, 0.2) is 36.5 Å². The van der Waals surface area contributed by atoms with Crippen LogP contribution in [0.4, 0.5) is 10.3 Å². The summed E-state index contributed by atoms with van der Waals surface area (Å²) < 4.78 is 31.1. The number of anilines is 1. The third kappa shape index (κ3) is 5.07. The number of hydrogen-bond acceptors (Lipinski definition) is 8. The first-order chi connectivity index (χ1) is 18.0. The summed E-state index contributed by atoms with van der Waals surface area (Å²) in [5.41, 5.74) is 1.81. The average Bonchev–Trinajstić information content (AvgIpc) is 3.64. The van der Waals surface area contributed by atoms with Crippen LogP contribution in [-0.2, 0) is 19.0 Å². The zero-order valence-electron chi connectivity index (χ0n) is 20.6. The number of carbonyl (C=O) groups is 1. The molecule has 10 nitrogen and oxygen atoms in total. The Labute approximate surface area is 213 Å². The number of halogens is 1. The molecule has 4 heterocycles. The standard InChI is InChI=1S/C26H29FN6O4/c1-26(24(34)33-10-12-35-13-11-33)14-36-23(37-15-26)22-31-20(16-2-4-17(27)5-3-16)21(32-22)19-8-9-28-25(30-19)29-18-6-7-18/h2-5,8-9,18,23H,6-7,10-15H2,1H3,(H,31,32)(H,28,29,30)/t23-,26-. The van der Waals surface area contributed by atoms with E-state index >= 15 is 0 Å². The van der Waals surface area contributed by atoms with Gasteiger partial charge in [0, 0.05) is 30.9 Å². The Morgan fingerprint density at radius 2 is 1.84 bits per heavy atom. The molecule has 1 aromatic carbocycles. The highest BCUT2D eigenvalue weighted by Crippen LogP contribution is 2.36. The number of morpholine rings is 1. The van der Waals surface area contributed by atoms with Gasteiger partial charge in [0.15, 0.2) is 5.82 Å². The predicted molar refractivity (Wildman–Crippen MR) is 132 cm³/mol. The molecular weight excluding hydrogens is 479 g/mol. The molecule has 0 radical (unpaired) electrons. The number of nitrogens with one attached hydrogen (secondary N) is 2. The second-order valence-corrected chi connectivity index (χ2v) is 9.96. The van der Waals surface area contributed by atoms with Crippen LogP contribution in [0.3, 0.4) is 0 Å². The van der Waals surface area contributed by atoms with Crippen LogP contribution in [0, 0.1) is 11.2 Å². The van der Waals surface area contributed by atoms with Crippen molar-refractivity contribution >= 4 is 11.9 Å². The largest absolute Gasteiger partial charge is 0.378 e. The molecule has 0 unspecified atom stereocenters. The van der Waals surface area contributed by atoms with Crippen LogP contribution in [0.1, 0.15) is 31.9 Å². The summed E-state index contributed by atoms with van der Waals surface area (Å²) in [6, 6.07) is 8.33. The summed E-state index contributed by atoms with van der Waals surface area (Å²) in [4.78, 5) is 32.0. The van der Waals surface area contributed by atoms with Gasteiger partial charge in [0.1, 0.15) is 5.82 Å². The molecule has 3 fully saturated rings. The Kier molecular flexibility index (Phi) is 6.35. The highest BCUT2D eigenvalue weighted by molar-refractivity contribution is 5.83. The lowest BCUT2D eigenvalue weighted by atomic mass is 9.90. The minimum atomic E-state index is -0.793. The Hall–Kier alpha value is -3.41. The van der Waals surface area contributed by atoms with Gasteiger partial charge in [0.2, 0.25) is 18.1 Å². The molecule has 37 heavy (non-hydrogen) atoms. The van der Waals surface area contributed by atoms with E-state index in [4.69, 9.17) is 19.2 Å². The van der Waals surface area contributed by atoms with Crippen molar-refractivity contribution in [2.45, 2.75) is 32.1 Å². The molecule has 6 rings (SSSR count). The van der Waals surface area contributed by atoms with E-state index in [-0.39, 0.29) is 24.9 Å². The normalized spacial score (nSPS) is 24.2. The Balaban J connectivity index is 1.26. The van der Waals surface area contributed by atoms with Crippen LogP contribution in [0.25, 0.3) is 22.6 Å². The Morgan fingerprint density at radius 3 is 2.54 bits per heavy atom. The van der Waals surface area contributed by atoms with Gasteiger partial charge in [-0.1, -0.05) is 0 Å². The number of hydrogen-bond donors (Lipinski definition) is 2. The molecule has 2 aliphatic heterocycles. The van der Waals surface area contributed by atoms with E-state index in [0.717, 1.165) is 18.4 Å². The lowest BCUT2D eigenvalue weighted by molar-refractivity contribution is -0.235. The number of aromatic nitrogens is 4. The zero-order valence-corrected chi connectivity index (χ0v) is 20.6. The number of ether oxygens (including phenoxy) is 3. The first-order valence-electron chi connectivity index (χ1n) is 12.5. The first-order valence-corrected chi connectivity index (χ1v) is 12.5. The van der Waals surface area contributed by atoms with Crippen molar-refractivity contribution in [2.24, 2.45) is 5.41 Å². The number of amides is 1. The van der Waals surface area contributed by atoms with Crippen LogP contribution in [0.2, 0.25) is 0 Å². The number of carbonyl (C=O) groups excluding carboxylic acids is 1. The number of aromatic amines is 1. The summed E-state index contributed by atoms with van der Waals surface area (Å²) in [6.45, 7) is 4.45. The predicted octanol–water partition coefficient (Wildman–Crippen LogP) is 3.16. The second kappa shape index (κ2) is 9.81. The summed E-state index contributed by atoms with van der Waals surface area (Å²) in [5, 5.41) is 3.31. The quantitative estimate of drug-likeness (QED) is 0.522. The number of imidazole rings is 1. The van der Waals surface area contributed by atoms with Gasteiger partial charge in [-0.05, 0) is 50.1 Å². The number of nitrogens with zero attached hydrogens (tertiary/aromatic N) is 4. The maximum atomic E-state index is 13.6. The van der Waals surface area contributed by atoms with Crippen LogP contribution in [-0.4, -0.2) is 76.3 Å². The Bertz CT molecular complexity index is 1260. The lowest BCUT2D eigenvalue weighted by Gasteiger charge is -2.39. The average molecular weight is 509 g/mol. The SMILES string of the molecule is C[C@]1(C(=O)N2CCOCC2)CO[C@H](c2nc(-c3ccc(F)cc3)c(-c3ccnc(NC4CC4)n3)[nH]2)OC1. The van der Waals surface area contributed by atoms with E-state index in [1.807, 2.05) is 6.92 Å². The fourth-order valence-corrected chi connectivity index (χ4v) is 4.52. The van der Waals surface area contributed by atoms with Gasteiger partial charge in [-0.25, -0.2) is 19.3 Å². The van der Waals surface area contributed by atoms with Gasteiger partial charge >= 0.3 is 0 Å². The molecule has 2 aromatic heterocycles. The van der Waals surface area contributed by atoms with E-state index in [2.05, 4.69) is 20.3 Å². The first kappa shape index (κ1) is 24.0. The number of benzene rings is 1. The van der Waals surface area contributed by atoms with Crippen LogP contribution < -0.4 is 5.32 Å². The molecule has 1 saturated carbocycles. The molecule has 0 spiro atoms. The summed E-state index contributed by atoms with van der Waals surface area (Å²) in [5.74, 6) is 0.662. The molecule has 2 N–H and O–H groups in total. The molecule has 194 valence electrons. The molecule has 0 bridgehead atoms. The van der Waals surface area contributed by atoms with Crippen molar-refractivity contribution in [2.75, 3.05) is 44.8 Å². The van der Waals surface area contributed by atoms with Gasteiger partial charge in [-0.2, -0.15) is 0 Å². The molecule has 2 saturated heterocycles.